The number of aromatic nitrogens is 4. The Morgan fingerprint density at radius 3 is 3.12 bits per heavy atom. The molecule has 0 aliphatic carbocycles. The molecule has 3 heterocycles. The van der Waals surface area contributed by atoms with Crippen LogP contribution in [0.1, 0.15) is 28.9 Å². The quantitative estimate of drug-likeness (QED) is 0.824. The van der Waals surface area contributed by atoms with Gasteiger partial charge in [-0.1, -0.05) is 5.21 Å². The molecule has 7 nitrogen and oxygen atoms in total. The zero-order valence-corrected chi connectivity index (χ0v) is 14.4. The van der Waals surface area contributed by atoms with Crippen LogP contribution in [0, 0.1) is 5.92 Å². The van der Waals surface area contributed by atoms with Crippen LogP contribution in [0.25, 0.3) is 0 Å². The smallest absolute Gasteiger partial charge is 0.256 e. The van der Waals surface area contributed by atoms with Crippen molar-refractivity contribution in [3.05, 3.63) is 35.8 Å². The summed E-state index contributed by atoms with van der Waals surface area (Å²) in [7, 11) is 0. The van der Waals surface area contributed by atoms with Crippen molar-refractivity contribution < 1.29 is 9.90 Å². The minimum atomic E-state index is -0.103. The first kappa shape index (κ1) is 16.9. The lowest BCUT2D eigenvalue weighted by molar-refractivity contribution is 0.0655. The number of aliphatic hydroxyl groups is 1. The fourth-order valence-corrected chi connectivity index (χ4v) is 3.59. The van der Waals surface area contributed by atoms with Crippen LogP contribution in [0.15, 0.2) is 29.6 Å². The van der Waals surface area contributed by atoms with Crippen LogP contribution in [0.5, 0.6) is 0 Å². The van der Waals surface area contributed by atoms with Gasteiger partial charge in [-0.3, -0.25) is 9.48 Å². The number of likely N-dealkylation sites (tertiary alicyclic amines) is 1. The summed E-state index contributed by atoms with van der Waals surface area (Å²) in [6.45, 7) is 2.08. The second-order valence-corrected chi connectivity index (χ2v) is 6.70. The van der Waals surface area contributed by atoms with Crippen LogP contribution < -0.4 is 0 Å². The minimum Gasteiger partial charge on any atom is -0.390 e. The monoisotopic (exact) mass is 347 g/mol. The van der Waals surface area contributed by atoms with Crippen LogP contribution in [0.4, 0.5) is 0 Å². The third-order valence-electron chi connectivity index (χ3n) is 4.19. The van der Waals surface area contributed by atoms with Crippen LogP contribution in [0.2, 0.25) is 0 Å². The summed E-state index contributed by atoms with van der Waals surface area (Å²) in [5, 5.41) is 17.8. The number of hydrogen-bond acceptors (Lipinski definition) is 6. The standard InChI is InChI=1S/C16H21N5O2S/c1-24-15-14(5-2-6-17-15)16(23)20-7-3-4-12(8-20)9-21-10-13(11-22)18-19-21/h2,5-6,10,12,22H,3-4,7-9,11H2,1H3/t12-/m1/s1. The van der Waals surface area contributed by atoms with Crippen LogP contribution >= 0.6 is 11.8 Å². The van der Waals surface area contributed by atoms with Gasteiger partial charge < -0.3 is 10.0 Å². The SMILES string of the molecule is CSc1ncccc1C(=O)N1CCC[C@@H](Cn2cc(CO)nn2)C1. The van der Waals surface area contributed by atoms with Gasteiger partial charge >= 0.3 is 0 Å². The van der Waals surface area contributed by atoms with Crippen molar-refractivity contribution in [2.45, 2.75) is 31.0 Å². The topological polar surface area (TPSA) is 84.1 Å². The summed E-state index contributed by atoms with van der Waals surface area (Å²) in [5.74, 6) is 0.386. The Balaban J connectivity index is 1.67. The van der Waals surface area contributed by atoms with E-state index in [1.54, 1.807) is 23.1 Å². The third-order valence-corrected chi connectivity index (χ3v) is 4.91. The van der Waals surface area contributed by atoms with Crippen LogP contribution in [-0.4, -0.2) is 55.2 Å². The lowest BCUT2D eigenvalue weighted by Crippen LogP contribution is -2.41. The zero-order valence-electron chi connectivity index (χ0n) is 13.6. The molecule has 2 aromatic heterocycles. The van der Waals surface area contributed by atoms with E-state index in [9.17, 15) is 4.79 Å². The molecule has 0 spiro atoms. The van der Waals surface area contributed by atoms with Gasteiger partial charge in [0.2, 0.25) is 0 Å². The Bertz CT molecular complexity index is 705. The van der Waals surface area contributed by atoms with Gasteiger partial charge in [0, 0.05) is 25.8 Å². The molecule has 1 fully saturated rings. The molecule has 1 aliphatic heterocycles. The summed E-state index contributed by atoms with van der Waals surface area (Å²) < 4.78 is 1.75. The molecule has 0 saturated carbocycles. The first-order valence-electron chi connectivity index (χ1n) is 7.99. The van der Waals surface area contributed by atoms with Crippen LogP contribution in [0.3, 0.4) is 0 Å². The molecule has 24 heavy (non-hydrogen) atoms. The number of nitrogens with zero attached hydrogens (tertiary/aromatic N) is 5. The molecule has 2 aromatic rings. The number of carbonyl (C=O) groups excluding carboxylic acids is 1. The Morgan fingerprint density at radius 1 is 1.50 bits per heavy atom. The first-order chi connectivity index (χ1) is 11.7. The lowest BCUT2D eigenvalue weighted by Gasteiger charge is -2.33. The number of rotatable bonds is 5. The normalized spacial score (nSPS) is 17.9. The Morgan fingerprint density at radius 2 is 2.38 bits per heavy atom. The van der Waals surface area contributed by atoms with Gasteiger partial charge in [0.05, 0.1) is 18.4 Å². The summed E-state index contributed by atoms with van der Waals surface area (Å²) in [4.78, 5) is 19.0. The molecule has 128 valence electrons. The highest BCUT2D eigenvalue weighted by molar-refractivity contribution is 7.98. The van der Waals surface area contributed by atoms with Gasteiger partial charge in [0.1, 0.15) is 10.7 Å². The van der Waals surface area contributed by atoms with Crippen molar-refractivity contribution in [2.75, 3.05) is 19.3 Å². The van der Waals surface area contributed by atoms with E-state index in [4.69, 9.17) is 5.11 Å². The van der Waals surface area contributed by atoms with Crippen molar-refractivity contribution in [1.82, 2.24) is 24.9 Å². The number of thioether (sulfide) groups is 1. The van der Waals surface area contributed by atoms with Crippen molar-refractivity contribution in [2.24, 2.45) is 5.92 Å². The number of aliphatic hydroxyl groups excluding tert-OH is 1. The highest BCUT2D eigenvalue weighted by Gasteiger charge is 2.26. The maximum Gasteiger partial charge on any atom is 0.256 e. The van der Waals surface area contributed by atoms with E-state index in [-0.39, 0.29) is 12.5 Å². The van der Waals surface area contributed by atoms with E-state index in [1.165, 1.54) is 11.8 Å². The summed E-state index contributed by atoms with van der Waals surface area (Å²) >= 11 is 1.49. The van der Waals surface area contributed by atoms with E-state index in [0.29, 0.717) is 30.3 Å². The summed E-state index contributed by atoms with van der Waals surface area (Å²) in [6.07, 6.45) is 7.44. The van der Waals surface area contributed by atoms with Gasteiger partial charge in [0.15, 0.2) is 0 Å². The Labute approximate surface area is 145 Å². The number of pyridine rings is 1. The third kappa shape index (κ3) is 3.76. The first-order valence-corrected chi connectivity index (χ1v) is 9.22. The van der Waals surface area contributed by atoms with Gasteiger partial charge in [-0.05, 0) is 37.1 Å². The minimum absolute atomic E-state index is 0.0480. The van der Waals surface area contributed by atoms with Gasteiger partial charge in [-0.25, -0.2) is 4.98 Å². The molecule has 1 N–H and O–H groups in total. The molecule has 1 atom stereocenters. The summed E-state index contributed by atoms with van der Waals surface area (Å²) in [6, 6.07) is 3.65. The van der Waals surface area contributed by atoms with Crippen molar-refractivity contribution in [1.29, 1.82) is 0 Å². The van der Waals surface area contributed by atoms with E-state index >= 15 is 0 Å². The van der Waals surface area contributed by atoms with Gasteiger partial charge in [-0.2, -0.15) is 0 Å². The molecule has 0 aromatic carbocycles. The molecule has 0 bridgehead atoms. The molecule has 1 aliphatic rings. The van der Waals surface area contributed by atoms with E-state index in [2.05, 4.69) is 15.3 Å². The highest BCUT2D eigenvalue weighted by Crippen LogP contribution is 2.23. The molecular weight excluding hydrogens is 326 g/mol. The van der Waals surface area contributed by atoms with E-state index < -0.39 is 0 Å². The number of amides is 1. The second kappa shape index (κ2) is 7.76. The molecule has 3 rings (SSSR count). The molecular formula is C16H21N5O2S. The Hall–Kier alpha value is -1.93. The molecule has 1 saturated heterocycles. The van der Waals surface area contributed by atoms with E-state index in [0.717, 1.165) is 24.4 Å². The maximum atomic E-state index is 12.8. The zero-order chi connectivity index (χ0) is 16.9. The lowest BCUT2D eigenvalue weighted by atomic mass is 9.97. The average molecular weight is 347 g/mol. The Kier molecular flexibility index (Phi) is 5.47. The van der Waals surface area contributed by atoms with Gasteiger partial charge in [0.25, 0.3) is 5.91 Å². The number of piperidine rings is 1. The van der Waals surface area contributed by atoms with Crippen molar-refractivity contribution >= 4 is 17.7 Å². The predicted molar refractivity (Wildman–Crippen MR) is 90.6 cm³/mol. The summed E-state index contributed by atoms with van der Waals surface area (Å²) in [5.41, 5.74) is 1.24. The fraction of sp³-hybridized carbons (Fsp3) is 0.500. The largest absolute Gasteiger partial charge is 0.390 e. The second-order valence-electron chi connectivity index (χ2n) is 5.91. The molecule has 0 radical (unpaired) electrons. The number of carbonyl (C=O) groups is 1. The predicted octanol–water partition coefficient (Wildman–Crippen LogP) is 1.44. The van der Waals surface area contributed by atoms with Gasteiger partial charge in [-0.15, -0.1) is 16.9 Å². The highest BCUT2D eigenvalue weighted by atomic mass is 32.2. The maximum absolute atomic E-state index is 12.8. The molecule has 0 unspecified atom stereocenters. The van der Waals surface area contributed by atoms with Crippen LogP contribution in [-0.2, 0) is 13.2 Å². The van der Waals surface area contributed by atoms with Crippen molar-refractivity contribution in [3.63, 3.8) is 0 Å². The number of hydrogen-bond donors (Lipinski definition) is 1. The molecule has 8 heteroatoms. The average Bonchev–Trinajstić information content (AvgIpc) is 3.09. The van der Waals surface area contributed by atoms with E-state index in [1.807, 2.05) is 17.2 Å². The molecule has 1 amide bonds. The van der Waals surface area contributed by atoms with Crippen molar-refractivity contribution in [3.8, 4) is 0 Å². The fourth-order valence-electron chi connectivity index (χ4n) is 3.05.